The molecule has 1 aromatic heterocycles. The molecule has 7 nitrogen and oxygen atoms in total. The van der Waals surface area contributed by atoms with Crippen LogP contribution in [-0.4, -0.2) is 76.1 Å². The number of hydrogen-bond acceptors (Lipinski definition) is 6. The molecule has 2 fully saturated rings. The quantitative estimate of drug-likeness (QED) is 0.830. The lowest BCUT2D eigenvalue weighted by molar-refractivity contribution is -0.128. The van der Waals surface area contributed by atoms with Crippen LogP contribution < -0.4 is 0 Å². The summed E-state index contributed by atoms with van der Waals surface area (Å²) < 4.78 is 5.35. The molecular formula is C17H29N5O2. The van der Waals surface area contributed by atoms with E-state index in [2.05, 4.69) is 33.8 Å². The molecule has 0 unspecified atom stereocenters. The summed E-state index contributed by atoms with van der Waals surface area (Å²) in [7, 11) is 0. The highest BCUT2D eigenvalue weighted by atomic mass is 16.5. The highest BCUT2D eigenvalue weighted by Gasteiger charge is 2.37. The molecule has 3 rings (SSSR count). The van der Waals surface area contributed by atoms with Gasteiger partial charge in [0.2, 0.25) is 11.8 Å². The van der Waals surface area contributed by atoms with Crippen molar-refractivity contribution < 1.29 is 9.32 Å². The summed E-state index contributed by atoms with van der Waals surface area (Å²) in [6.07, 6.45) is 1.06. The Bertz CT molecular complexity index is 575. The van der Waals surface area contributed by atoms with Crippen LogP contribution in [0.15, 0.2) is 4.52 Å². The van der Waals surface area contributed by atoms with Crippen LogP contribution in [0.1, 0.15) is 44.9 Å². The molecule has 0 N–H and O–H groups in total. The Morgan fingerprint density at radius 3 is 2.71 bits per heavy atom. The fourth-order valence-electron chi connectivity index (χ4n) is 4.00. The van der Waals surface area contributed by atoms with Gasteiger partial charge >= 0.3 is 0 Å². The van der Waals surface area contributed by atoms with E-state index < -0.39 is 0 Å². The van der Waals surface area contributed by atoms with Crippen molar-refractivity contribution in [3.63, 3.8) is 0 Å². The number of carbonyl (C=O) groups is 1. The number of nitrogens with zero attached hydrogens (tertiary/aromatic N) is 5. The lowest BCUT2D eigenvalue weighted by Gasteiger charge is -2.30. The Balaban J connectivity index is 1.62. The van der Waals surface area contributed by atoms with Crippen molar-refractivity contribution >= 4 is 5.91 Å². The second kappa shape index (κ2) is 7.19. The fourth-order valence-corrected chi connectivity index (χ4v) is 4.00. The number of likely N-dealkylation sites (tertiary alicyclic amines) is 1. The number of hydrogen-bond donors (Lipinski definition) is 0. The Morgan fingerprint density at radius 1 is 1.25 bits per heavy atom. The van der Waals surface area contributed by atoms with Gasteiger partial charge in [-0.15, -0.1) is 0 Å². The van der Waals surface area contributed by atoms with Crippen molar-refractivity contribution in [3.05, 3.63) is 11.7 Å². The Morgan fingerprint density at radius 2 is 2.04 bits per heavy atom. The van der Waals surface area contributed by atoms with Crippen molar-refractivity contribution in [2.45, 2.75) is 46.2 Å². The standard InChI is InChI=1S/C17H29N5O2/c1-12-10-22(13(2)17-18-14(3)19-24-17)11-16(12)21-7-5-6-20(8-9-21)15(4)23/h12-13,16H,5-11H2,1-4H3/t12-,13-,16+/m0/s1. The van der Waals surface area contributed by atoms with Crippen molar-refractivity contribution in [3.8, 4) is 0 Å². The monoisotopic (exact) mass is 335 g/mol. The molecule has 2 saturated heterocycles. The second-order valence-corrected chi connectivity index (χ2v) is 7.25. The van der Waals surface area contributed by atoms with Crippen molar-refractivity contribution in [2.24, 2.45) is 5.92 Å². The molecule has 7 heteroatoms. The van der Waals surface area contributed by atoms with Crippen LogP contribution in [0.4, 0.5) is 0 Å². The maximum atomic E-state index is 11.6. The Kier molecular flexibility index (Phi) is 5.20. The summed E-state index contributed by atoms with van der Waals surface area (Å²) in [5.74, 6) is 2.19. The van der Waals surface area contributed by atoms with Gasteiger partial charge in [0, 0.05) is 52.2 Å². The Labute approximate surface area is 144 Å². The summed E-state index contributed by atoms with van der Waals surface area (Å²) in [5, 5.41) is 3.91. The van der Waals surface area contributed by atoms with Gasteiger partial charge in [0.15, 0.2) is 5.82 Å². The third-order valence-electron chi connectivity index (χ3n) is 5.49. The SMILES string of the molecule is CC(=O)N1CCCN([C@@H]2CN([C@@H](C)c3nc(C)no3)C[C@@H]2C)CC1. The van der Waals surface area contributed by atoms with E-state index in [1.807, 2.05) is 11.8 Å². The van der Waals surface area contributed by atoms with Crippen molar-refractivity contribution in [1.29, 1.82) is 0 Å². The van der Waals surface area contributed by atoms with Crippen LogP contribution >= 0.6 is 0 Å². The maximum Gasteiger partial charge on any atom is 0.243 e. The van der Waals surface area contributed by atoms with Gasteiger partial charge in [0.25, 0.3) is 0 Å². The van der Waals surface area contributed by atoms with E-state index in [1.165, 1.54) is 0 Å². The Hall–Kier alpha value is -1.47. The minimum absolute atomic E-state index is 0.152. The van der Waals surface area contributed by atoms with E-state index in [4.69, 9.17) is 4.52 Å². The van der Waals surface area contributed by atoms with Crippen molar-refractivity contribution in [1.82, 2.24) is 24.8 Å². The average molecular weight is 335 g/mol. The fraction of sp³-hybridized carbons (Fsp3) is 0.824. The summed E-state index contributed by atoms with van der Waals surface area (Å²) >= 11 is 0. The van der Waals surface area contributed by atoms with Gasteiger partial charge in [-0.25, -0.2) is 0 Å². The zero-order chi connectivity index (χ0) is 17.3. The topological polar surface area (TPSA) is 65.7 Å². The molecule has 2 aliphatic heterocycles. The van der Waals surface area contributed by atoms with Crippen LogP contribution in [0.25, 0.3) is 0 Å². The van der Waals surface area contributed by atoms with Crippen LogP contribution in [0.2, 0.25) is 0 Å². The van der Waals surface area contributed by atoms with Crippen LogP contribution in [-0.2, 0) is 4.79 Å². The minimum Gasteiger partial charge on any atom is -0.342 e. The molecule has 0 saturated carbocycles. The van der Waals surface area contributed by atoms with E-state index >= 15 is 0 Å². The smallest absolute Gasteiger partial charge is 0.243 e. The summed E-state index contributed by atoms with van der Waals surface area (Å²) in [4.78, 5) is 23.0. The van der Waals surface area contributed by atoms with Gasteiger partial charge in [-0.3, -0.25) is 14.6 Å². The first kappa shape index (κ1) is 17.4. The molecule has 0 radical (unpaired) electrons. The summed E-state index contributed by atoms with van der Waals surface area (Å²) in [6.45, 7) is 13.8. The normalized spacial score (nSPS) is 28.1. The molecule has 1 amide bonds. The van der Waals surface area contributed by atoms with E-state index in [9.17, 15) is 4.79 Å². The van der Waals surface area contributed by atoms with Gasteiger partial charge in [0.05, 0.1) is 6.04 Å². The molecule has 0 bridgehead atoms. The van der Waals surface area contributed by atoms with E-state index in [-0.39, 0.29) is 11.9 Å². The van der Waals surface area contributed by atoms with Crippen LogP contribution in [0, 0.1) is 12.8 Å². The first-order valence-electron chi connectivity index (χ1n) is 8.99. The highest BCUT2D eigenvalue weighted by Crippen LogP contribution is 2.29. The van der Waals surface area contributed by atoms with E-state index in [1.54, 1.807) is 6.92 Å². The minimum atomic E-state index is 0.152. The maximum absolute atomic E-state index is 11.6. The van der Waals surface area contributed by atoms with Gasteiger partial charge < -0.3 is 9.42 Å². The van der Waals surface area contributed by atoms with E-state index in [0.717, 1.165) is 45.7 Å². The largest absolute Gasteiger partial charge is 0.342 e. The second-order valence-electron chi connectivity index (χ2n) is 7.25. The number of aryl methyl sites for hydroxylation is 1. The zero-order valence-corrected chi connectivity index (χ0v) is 15.2. The number of rotatable bonds is 3. The predicted octanol–water partition coefficient (Wildman–Crippen LogP) is 1.31. The summed E-state index contributed by atoms with van der Waals surface area (Å²) in [5.41, 5.74) is 0. The predicted molar refractivity (Wildman–Crippen MR) is 90.4 cm³/mol. The lowest BCUT2D eigenvalue weighted by Crippen LogP contribution is -2.43. The van der Waals surface area contributed by atoms with Crippen LogP contribution in [0.3, 0.4) is 0 Å². The molecular weight excluding hydrogens is 306 g/mol. The number of amides is 1. The summed E-state index contributed by atoms with van der Waals surface area (Å²) in [6, 6.07) is 0.683. The zero-order valence-electron chi connectivity index (χ0n) is 15.2. The first-order valence-corrected chi connectivity index (χ1v) is 8.99. The first-order chi connectivity index (χ1) is 11.5. The third-order valence-corrected chi connectivity index (χ3v) is 5.49. The van der Waals surface area contributed by atoms with Gasteiger partial charge in [-0.2, -0.15) is 4.98 Å². The highest BCUT2D eigenvalue weighted by molar-refractivity contribution is 5.73. The lowest BCUT2D eigenvalue weighted by atomic mass is 10.0. The molecule has 2 aliphatic rings. The van der Waals surface area contributed by atoms with E-state index in [0.29, 0.717) is 23.7 Å². The molecule has 3 atom stereocenters. The molecule has 1 aromatic rings. The molecule has 134 valence electrons. The molecule has 0 aromatic carbocycles. The molecule has 3 heterocycles. The molecule has 24 heavy (non-hydrogen) atoms. The average Bonchev–Trinajstić information content (AvgIpc) is 3.04. The van der Waals surface area contributed by atoms with Gasteiger partial charge in [0.1, 0.15) is 0 Å². The number of aromatic nitrogens is 2. The molecule has 0 spiro atoms. The molecule has 0 aliphatic carbocycles. The third kappa shape index (κ3) is 3.62. The van der Waals surface area contributed by atoms with Gasteiger partial charge in [-0.1, -0.05) is 12.1 Å². The van der Waals surface area contributed by atoms with Crippen molar-refractivity contribution in [2.75, 3.05) is 39.3 Å². The van der Waals surface area contributed by atoms with Crippen LogP contribution in [0.5, 0.6) is 0 Å². The van der Waals surface area contributed by atoms with Gasteiger partial charge in [-0.05, 0) is 26.2 Å². The number of carbonyl (C=O) groups excluding carboxylic acids is 1.